The molecule has 7 rings (SSSR count). The van der Waals surface area contributed by atoms with Crippen molar-refractivity contribution < 1.29 is 0 Å². The quantitative estimate of drug-likeness (QED) is 0.223. The lowest BCUT2D eigenvalue weighted by Crippen LogP contribution is -2.59. The van der Waals surface area contributed by atoms with Crippen LogP contribution in [0.25, 0.3) is 27.5 Å². The van der Waals surface area contributed by atoms with Gasteiger partial charge in [-0.25, -0.2) is 0 Å². The second kappa shape index (κ2) is 7.33. The Morgan fingerprint density at radius 2 is 1.51 bits per heavy atom. The molecule has 3 heterocycles. The third-order valence-electron chi connectivity index (χ3n) is 8.18. The summed E-state index contributed by atoms with van der Waals surface area (Å²) in [4.78, 5) is 2.57. The molecule has 1 aromatic heterocycles. The number of rotatable bonds is 0. The Morgan fingerprint density at radius 1 is 0.757 bits per heavy atom. The average Bonchev–Trinajstić information content (AvgIpc) is 3.19. The summed E-state index contributed by atoms with van der Waals surface area (Å²) in [6.45, 7) is 13.9. The van der Waals surface area contributed by atoms with Gasteiger partial charge in [-0.1, -0.05) is 77.0 Å². The molecule has 37 heavy (non-hydrogen) atoms. The van der Waals surface area contributed by atoms with Gasteiger partial charge in [-0.3, -0.25) is 0 Å². The van der Waals surface area contributed by atoms with Crippen molar-refractivity contribution >= 4 is 56.7 Å². The zero-order valence-electron chi connectivity index (χ0n) is 22.2. The Balaban J connectivity index is 1.69. The molecule has 0 saturated carbocycles. The van der Waals surface area contributed by atoms with E-state index < -0.39 is 0 Å². The molecule has 2 nitrogen and oxygen atoms in total. The predicted molar refractivity (Wildman–Crippen MR) is 158 cm³/mol. The largest absolute Gasteiger partial charge is 0.310 e. The summed E-state index contributed by atoms with van der Waals surface area (Å²) < 4.78 is 2.51. The van der Waals surface area contributed by atoms with Gasteiger partial charge in [0.25, 0.3) is 0 Å². The van der Waals surface area contributed by atoms with Crippen LogP contribution in [0.5, 0.6) is 0 Å². The van der Waals surface area contributed by atoms with E-state index in [-0.39, 0.29) is 17.5 Å². The van der Waals surface area contributed by atoms with Crippen LogP contribution in [0.2, 0.25) is 0 Å². The number of hydrogen-bond donors (Lipinski definition) is 0. The van der Waals surface area contributed by atoms with Crippen molar-refractivity contribution in [3.05, 3.63) is 83.4 Å². The van der Waals surface area contributed by atoms with Gasteiger partial charge in [0, 0.05) is 31.8 Å². The third-order valence-corrected chi connectivity index (χ3v) is 9.34. The smallest absolute Gasteiger partial charge is 0.249 e. The SMILES string of the molecule is CC(C)(C)c1ccc2c(c1)c1cc(C(C)(C)C)cc3c1n2-c1cccc2c1B3c1cc(C#N)ccc1S2. The second-order valence-corrected chi connectivity index (χ2v) is 13.7. The Hall–Kier alpha value is -3.42. The molecule has 180 valence electrons. The van der Waals surface area contributed by atoms with E-state index in [1.165, 1.54) is 64.8 Å². The van der Waals surface area contributed by atoms with Gasteiger partial charge < -0.3 is 4.57 Å². The highest BCUT2D eigenvalue weighted by Crippen LogP contribution is 2.41. The minimum Gasteiger partial charge on any atom is -0.310 e. The first-order valence-corrected chi connectivity index (χ1v) is 13.9. The van der Waals surface area contributed by atoms with E-state index in [0.29, 0.717) is 0 Å². The monoisotopic (exact) mass is 496 g/mol. The molecule has 5 aromatic rings. The fraction of sp³-hybridized carbons (Fsp3) is 0.242. The first kappa shape index (κ1) is 22.8. The van der Waals surface area contributed by atoms with Crippen LogP contribution in [-0.4, -0.2) is 11.3 Å². The van der Waals surface area contributed by atoms with Crippen LogP contribution in [0.15, 0.2) is 76.5 Å². The van der Waals surface area contributed by atoms with Gasteiger partial charge in [0.2, 0.25) is 6.71 Å². The Kier molecular flexibility index (Phi) is 4.51. The van der Waals surface area contributed by atoms with E-state index in [1.807, 2.05) is 17.8 Å². The predicted octanol–water partition coefficient (Wildman–Crippen LogP) is 6.54. The zero-order valence-corrected chi connectivity index (χ0v) is 23.0. The summed E-state index contributed by atoms with van der Waals surface area (Å²) in [5.41, 5.74) is 11.3. The zero-order chi connectivity index (χ0) is 25.9. The maximum absolute atomic E-state index is 9.75. The summed E-state index contributed by atoms with van der Waals surface area (Å²) in [7, 11) is 0. The molecule has 2 aliphatic rings. The first-order chi connectivity index (χ1) is 17.6. The lowest BCUT2D eigenvalue weighted by molar-refractivity contribution is 0.590. The van der Waals surface area contributed by atoms with Gasteiger partial charge >= 0.3 is 0 Å². The number of aromatic nitrogens is 1. The van der Waals surface area contributed by atoms with Gasteiger partial charge in [-0.15, -0.1) is 0 Å². The summed E-state index contributed by atoms with van der Waals surface area (Å²) in [5, 5.41) is 12.4. The van der Waals surface area contributed by atoms with Gasteiger partial charge in [0.15, 0.2) is 0 Å². The highest BCUT2D eigenvalue weighted by atomic mass is 32.2. The fourth-order valence-electron chi connectivity index (χ4n) is 6.19. The highest BCUT2D eigenvalue weighted by molar-refractivity contribution is 8.00. The van der Waals surface area contributed by atoms with Gasteiger partial charge in [-0.2, -0.15) is 5.26 Å². The number of nitriles is 1. The molecule has 2 aliphatic heterocycles. The summed E-state index contributed by atoms with van der Waals surface area (Å²) >= 11 is 1.83. The molecular formula is C33H29BN2S. The maximum atomic E-state index is 9.75. The highest BCUT2D eigenvalue weighted by Gasteiger charge is 2.40. The molecule has 0 amide bonds. The van der Waals surface area contributed by atoms with Crippen molar-refractivity contribution in [3.8, 4) is 11.8 Å². The van der Waals surface area contributed by atoms with E-state index in [9.17, 15) is 5.26 Å². The van der Waals surface area contributed by atoms with Crippen LogP contribution < -0.4 is 16.4 Å². The number of nitrogens with zero attached hydrogens (tertiary/aromatic N) is 2. The summed E-state index contributed by atoms with van der Waals surface area (Å²) in [5.74, 6) is 0. The molecule has 0 fully saturated rings. The first-order valence-electron chi connectivity index (χ1n) is 13.0. The van der Waals surface area contributed by atoms with Crippen molar-refractivity contribution in [3.63, 3.8) is 0 Å². The standard InChI is InChI=1S/C33H29BN2S/c1-32(2,3)20-11-12-26-22(15-20)23-16-21(33(4,5)6)17-25-31(23)36(26)27-8-7-9-29-30(27)34(25)24-14-19(18-35)10-13-28(24)37-29/h7-17H,1-6H3. The Labute approximate surface area is 223 Å². The number of benzene rings is 4. The molecule has 0 unspecified atom stereocenters. The van der Waals surface area contributed by atoms with E-state index >= 15 is 0 Å². The van der Waals surface area contributed by atoms with Crippen LogP contribution in [0.4, 0.5) is 0 Å². The Morgan fingerprint density at radius 3 is 2.24 bits per heavy atom. The molecule has 0 radical (unpaired) electrons. The normalized spacial score (nSPS) is 14.0. The van der Waals surface area contributed by atoms with Crippen LogP contribution in [0.1, 0.15) is 58.2 Å². The van der Waals surface area contributed by atoms with Crippen molar-refractivity contribution in [2.45, 2.75) is 62.2 Å². The van der Waals surface area contributed by atoms with Crippen molar-refractivity contribution in [1.29, 1.82) is 5.26 Å². The van der Waals surface area contributed by atoms with E-state index in [0.717, 1.165) is 5.56 Å². The molecule has 4 aromatic carbocycles. The second-order valence-electron chi connectivity index (χ2n) is 12.6. The number of fused-ring (bicyclic) bond motifs is 7. The molecule has 0 N–H and O–H groups in total. The van der Waals surface area contributed by atoms with E-state index in [4.69, 9.17) is 0 Å². The van der Waals surface area contributed by atoms with Crippen LogP contribution in [-0.2, 0) is 10.8 Å². The van der Waals surface area contributed by atoms with E-state index in [1.54, 1.807) is 0 Å². The maximum Gasteiger partial charge on any atom is 0.249 e. The third kappa shape index (κ3) is 3.14. The minimum absolute atomic E-state index is 0.0152. The van der Waals surface area contributed by atoms with Crippen LogP contribution >= 0.6 is 11.8 Å². The molecule has 4 heteroatoms. The molecule has 0 spiro atoms. The van der Waals surface area contributed by atoms with Crippen LogP contribution in [0, 0.1) is 11.3 Å². The lowest BCUT2D eigenvalue weighted by atomic mass is 9.35. The van der Waals surface area contributed by atoms with Gasteiger partial charge in [0.1, 0.15) is 0 Å². The molecular weight excluding hydrogens is 467 g/mol. The van der Waals surface area contributed by atoms with Crippen LogP contribution in [0.3, 0.4) is 0 Å². The molecule has 0 aliphatic carbocycles. The van der Waals surface area contributed by atoms with Crippen molar-refractivity contribution in [2.75, 3.05) is 0 Å². The van der Waals surface area contributed by atoms with Crippen molar-refractivity contribution in [1.82, 2.24) is 4.57 Å². The molecule has 0 atom stereocenters. The summed E-state index contributed by atoms with van der Waals surface area (Å²) in [6.07, 6.45) is 0. The average molecular weight is 496 g/mol. The van der Waals surface area contributed by atoms with Gasteiger partial charge in [0.05, 0.1) is 17.1 Å². The van der Waals surface area contributed by atoms with E-state index in [2.05, 4.69) is 113 Å². The summed E-state index contributed by atoms with van der Waals surface area (Å²) in [6, 6.07) is 27.3. The van der Waals surface area contributed by atoms with Crippen molar-refractivity contribution in [2.24, 2.45) is 0 Å². The lowest BCUT2D eigenvalue weighted by Gasteiger charge is -2.34. The molecule has 0 saturated heterocycles. The van der Waals surface area contributed by atoms with Gasteiger partial charge in [-0.05, 0) is 81.4 Å². The Bertz CT molecular complexity index is 1840. The number of hydrogen-bond acceptors (Lipinski definition) is 2. The molecule has 0 bridgehead atoms. The minimum atomic E-state index is 0.0152. The topological polar surface area (TPSA) is 28.7 Å². The fourth-order valence-corrected chi connectivity index (χ4v) is 7.34.